The number of fused-ring (bicyclic) bond motifs is 1. The SMILES string of the molecule is CC(CC(=O)O)N1CCN(C(=O)C2CCc3ccccc3C2)CC1. The van der Waals surface area contributed by atoms with Crippen molar-refractivity contribution in [1.29, 1.82) is 0 Å². The van der Waals surface area contributed by atoms with Gasteiger partial charge in [0, 0.05) is 38.1 Å². The summed E-state index contributed by atoms with van der Waals surface area (Å²) in [6, 6.07) is 8.45. The molecule has 0 aromatic heterocycles. The van der Waals surface area contributed by atoms with Gasteiger partial charge in [-0.25, -0.2) is 0 Å². The number of hydrogen-bond donors (Lipinski definition) is 1. The minimum atomic E-state index is -0.762. The molecule has 0 spiro atoms. The van der Waals surface area contributed by atoms with E-state index in [1.54, 1.807) is 0 Å². The third kappa shape index (κ3) is 3.78. The van der Waals surface area contributed by atoms with Gasteiger partial charge in [-0.2, -0.15) is 0 Å². The van der Waals surface area contributed by atoms with Crippen molar-refractivity contribution in [1.82, 2.24) is 9.80 Å². The number of carboxylic acids is 1. The number of rotatable bonds is 4. The Morgan fingerprint density at radius 1 is 1.17 bits per heavy atom. The molecular weight excluding hydrogens is 304 g/mol. The number of aliphatic carboxylic acids is 1. The molecule has 2 unspecified atom stereocenters. The van der Waals surface area contributed by atoms with Crippen LogP contribution in [0, 0.1) is 5.92 Å². The van der Waals surface area contributed by atoms with Crippen molar-refractivity contribution >= 4 is 11.9 Å². The van der Waals surface area contributed by atoms with Gasteiger partial charge in [0.2, 0.25) is 5.91 Å². The Kier molecular flexibility index (Phi) is 5.19. The van der Waals surface area contributed by atoms with E-state index in [2.05, 4.69) is 23.1 Å². The summed E-state index contributed by atoms with van der Waals surface area (Å²) in [5.74, 6) is -0.389. The van der Waals surface area contributed by atoms with Crippen LogP contribution in [-0.2, 0) is 22.4 Å². The predicted octanol–water partition coefficient (Wildman–Crippen LogP) is 1.80. The molecule has 130 valence electrons. The minimum Gasteiger partial charge on any atom is -0.481 e. The van der Waals surface area contributed by atoms with Crippen LogP contribution in [0.2, 0.25) is 0 Å². The van der Waals surface area contributed by atoms with Crippen molar-refractivity contribution in [3.8, 4) is 0 Å². The van der Waals surface area contributed by atoms with E-state index in [9.17, 15) is 9.59 Å². The first-order valence-corrected chi connectivity index (χ1v) is 8.86. The lowest BCUT2D eigenvalue weighted by atomic mass is 9.83. The minimum absolute atomic E-state index is 0.0290. The van der Waals surface area contributed by atoms with Crippen molar-refractivity contribution in [3.05, 3.63) is 35.4 Å². The maximum atomic E-state index is 12.8. The maximum absolute atomic E-state index is 12.8. The highest BCUT2D eigenvalue weighted by atomic mass is 16.4. The molecule has 5 nitrogen and oxygen atoms in total. The highest BCUT2D eigenvalue weighted by Gasteiger charge is 2.31. The highest BCUT2D eigenvalue weighted by Crippen LogP contribution is 2.27. The summed E-state index contributed by atoms with van der Waals surface area (Å²) in [5, 5.41) is 8.91. The molecule has 0 bridgehead atoms. The molecule has 1 aromatic rings. The molecule has 0 radical (unpaired) electrons. The smallest absolute Gasteiger partial charge is 0.304 e. The van der Waals surface area contributed by atoms with Crippen molar-refractivity contribution < 1.29 is 14.7 Å². The zero-order valence-electron chi connectivity index (χ0n) is 14.3. The van der Waals surface area contributed by atoms with Gasteiger partial charge < -0.3 is 10.0 Å². The van der Waals surface area contributed by atoms with E-state index in [-0.39, 0.29) is 24.3 Å². The molecule has 0 saturated carbocycles. The molecule has 1 aromatic carbocycles. The largest absolute Gasteiger partial charge is 0.481 e. The molecule has 1 fully saturated rings. The van der Waals surface area contributed by atoms with E-state index < -0.39 is 5.97 Å². The molecule has 1 aliphatic heterocycles. The highest BCUT2D eigenvalue weighted by molar-refractivity contribution is 5.79. The number of piperazine rings is 1. The summed E-state index contributed by atoms with van der Waals surface area (Å²) in [6.07, 6.45) is 2.94. The van der Waals surface area contributed by atoms with Crippen LogP contribution in [0.25, 0.3) is 0 Å². The fourth-order valence-electron chi connectivity index (χ4n) is 3.93. The molecular formula is C19H26N2O3. The Balaban J connectivity index is 1.53. The predicted molar refractivity (Wildman–Crippen MR) is 91.8 cm³/mol. The van der Waals surface area contributed by atoms with Gasteiger partial charge in [0.1, 0.15) is 0 Å². The van der Waals surface area contributed by atoms with Gasteiger partial charge in [-0.05, 0) is 37.3 Å². The summed E-state index contributed by atoms with van der Waals surface area (Å²) in [7, 11) is 0. The van der Waals surface area contributed by atoms with E-state index in [1.807, 2.05) is 17.9 Å². The topological polar surface area (TPSA) is 60.9 Å². The van der Waals surface area contributed by atoms with Crippen molar-refractivity contribution in [2.75, 3.05) is 26.2 Å². The number of nitrogens with zero attached hydrogens (tertiary/aromatic N) is 2. The van der Waals surface area contributed by atoms with Gasteiger partial charge in [-0.1, -0.05) is 24.3 Å². The second kappa shape index (κ2) is 7.34. The third-order valence-electron chi connectivity index (χ3n) is 5.42. The molecule has 1 amide bonds. The van der Waals surface area contributed by atoms with Crippen LogP contribution in [0.3, 0.4) is 0 Å². The van der Waals surface area contributed by atoms with Crippen molar-refractivity contribution in [2.45, 2.75) is 38.6 Å². The van der Waals surface area contributed by atoms with E-state index in [0.717, 1.165) is 32.4 Å². The molecule has 5 heteroatoms. The van der Waals surface area contributed by atoms with Crippen LogP contribution in [0.5, 0.6) is 0 Å². The summed E-state index contributed by atoms with van der Waals surface area (Å²) in [6.45, 7) is 4.90. The summed E-state index contributed by atoms with van der Waals surface area (Å²) in [5.41, 5.74) is 2.70. The second-order valence-electron chi connectivity index (χ2n) is 7.02. The van der Waals surface area contributed by atoms with Crippen LogP contribution in [0.4, 0.5) is 0 Å². The normalized spacial score (nSPS) is 22.7. The van der Waals surface area contributed by atoms with Gasteiger partial charge in [0.25, 0.3) is 0 Å². The molecule has 1 N–H and O–H groups in total. The molecule has 1 aliphatic carbocycles. The summed E-state index contributed by atoms with van der Waals surface area (Å²) in [4.78, 5) is 27.8. The third-order valence-corrected chi connectivity index (χ3v) is 5.42. The lowest BCUT2D eigenvalue weighted by molar-refractivity contribution is -0.141. The van der Waals surface area contributed by atoms with Crippen LogP contribution in [0.1, 0.15) is 30.9 Å². The number of hydrogen-bond acceptors (Lipinski definition) is 3. The number of aryl methyl sites for hydroxylation is 1. The van der Waals surface area contributed by atoms with E-state index in [1.165, 1.54) is 11.1 Å². The Bertz CT molecular complexity index is 608. The zero-order chi connectivity index (χ0) is 17.1. The monoisotopic (exact) mass is 330 g/mol. The average Bonchev–Trinajstić information content (AvgIpc) is 2.60. The number of benzene rings is 1. The molecule has 2 atom stereocenters. The fourth-order valence-corrected chi connectivity index (χ4v) is 3.93. The average molecular weight is 330 g/mol. The molecule has 24 heavy (non-hydrogen) atoms. The Morgan fingerprint density at radius 2 is 1.83 bits per heavy atom. The first kappa shape index (κ1) is 17.0. The van der Waals surface area contributed by atoms with Crippen LogP contribution >= 0.6 is 0 Å². The second-order valence-corrected chi connectivity index (χ2v) is 7.02. The Hall–Kier alpha value is -1.88. The quantitative estimate of drug-likeness (QED) is 0.914. The summed E-state index contributed by atoms with van der Waals surface area (Å²) < 4.78 is 0. The number of carbonyl (C=O) groups is 2. The van der Waals surface area contributed by atoms with E-state index in [0.29, 0.717) is 13.1 Å². The van der Waals surface area contributed by atoms with Gasteiger partial charge in [0.15, 0.2) is 0 Å². The fraction of sp³-hybridized carbons (Fsp3) is 0.579. The van der Waals surface area contributed by atoms with Crippen LogP contribution in [0.15, 0.2) is 24.3 Å². The first-order valence-electron chi connectivity index (χ1n) is 8.86. The van der Waals surface area contributed by atoms with E-state index >= 15 is 0 Å². The zero-order valence-corrected chi connectivity index (χ0v) is 14.3. The number of carboxylic acid groups (broad SMARTS) is 1. The summed E-state index contributed by atoms with van der Waals surface area (Å²) >= 11 is 0. The molecule has 1 saturated heterocycles. The molecule has 1 heterocycles. The lowest BCUT2D eigenvalue weighted by Gasteiger charge is -2.39. The number of amides is 1. The Morgan fingerprint density at radius 3 is 2.50 bits per heavy atom. The standard InChI is InChI=1S/C19H26N2O3/c1-14(12-18(22)23)20-8-10-21(11-9-20)19(24)17-7-6-15-4-2-3-5-16(15)13-17/h2-5,14,17H,6-13H2,1H3,(H,22,23). The van der Waals surface area contributed by atoms with Gasteiger partial charge in [-0.3, -0.25) is 14.5 Å². The maximum Gasteiger partial charge on any atom is 0.304 e. The Labute approximate surface area is 143 Å². The first-order chi connectivity index (χ1) is 11.5. The van der Waals surface area contributed by atoms with Crippen LogP contribution in [-0.4, -0.2) is 59.0 Å². The van der Waals surface area contributed by atoms with Gasteiger partial charge in [-0.15, -0.1) is 0 Å². The van der Waals surface area contributed by atoms with E-state index in [4.69, 9.17) is 5.11 Å². The molecule has 3 rings (SSSR count). The van der Waals surface area contributed by atoms with Gasteiger partial charge >= 0.3 is 5.97 Å². The lowest BCUT2D eigenvalue weighted by Crippen LogP contribution is -2.53. The van der Waals surface area contributed by atoms with Crippen molar-refractivity contribution in [3.63, 3.8) is 0 Å². The molecule has 2 aliphatic rings. The van der Waals surface area contributed by atoms with Crippen LogP contribution < -0.4 is 0 Å². The van der Waals surface area contributed by atoms with Gasteiger partial charge in [0.05, 0.1) is 6.42 Å². The number of carbonyl (C=O) groups excluding carboxylic acids is 1. The van der Waals surface area contributed by atoms with Crippen molar-refractivity contribution in [2.24, 2.45) is 5.92 Å².